The lowest BCUT2D eigenvalue weighted by molar-refractivity contribution is 0.413. The molecule has 0 atom stereocenters. The van der Waals surface area contributed by atoms with Gasteiger partial charge >= 0.3 is 0 Å². The average molecular weight is 286 g/mol. The SMILES string of the molecule is COc1cccc(Sc2ccc(CNC3CC3)cn2)c1. The van der Waals surface area contributed by atoms with Gasteiger partial charge in [-0.15, -0.1) is 0 Å². The molecule has 2 aromatic rings. The summed E-state index contributed by atoms with van der Waals surface area (Å²) in [5.74, 6) is 0.875. The Morgan fingerprint density at radius 1 is 1.30 bits per heavy atom. The van der Waals surface area contributed by atoms with Crippen molar-refractivity contribution in [3.63, 3.8) is 0 Å². The number of nitrogens with zero attached hydrogens (tertiary/aromatic N) is 1. The van der Waals surface area contributed by atoms with Crippen molar-refractivity contribution in [1.82, 2.24) is 10.3 Å². The second-order valence-electron chi connectivity index (χ2n) is 4.94. The Morgan fingerprint density at radius 2 is 2.20 bits per heavy atom. The molecule has 104 valence electrons. The fourth-order valence-corrected chi connectivity index (χ4v) is 2.72. The lowest BCUT2D eigenvalue weighted by Crippen LogP contribution is -2.15. The summed E-state index contributed by atoms with van der Waals surface area (Å²) in [5, 5.41) is 4.50. The summed E-state index contributed by atoms with van der Waals surface area (Å²) in [6, 6.07) is 13.0. The van der Waals surface area contributed by atoms with Crippen LogP contribution >= 0.6 is 11.8 Å². The molecule has 1 fully saturated rings. The van der Waals surface area contributed by atoms with Gasteiger partial charge < -0.3 is 10.1 Å². The van der Waals surface area contributed by atoms with E-state index in [1.54, 1.807) is 18.9 Å². The van der Waals surface area contributed by atoms with Gasteiger partial charge in [-0.05, 0) is 42.7 Å². The van der Waals surface area contributed by atoms with E-state index in [4.69, 9.17) is 4.74 Å². The average Bonchev–Trinajstić information content (AvgIpc) is 3.31. The van der Waals surface area contributed by atoms with Gasteiger partial charge in [0.25, 0.3) is 0 Å². The van der Waals surface area contributed by atoms with Gasteiger partial charge in [0.15, 0.2) is 0 Å². The van der Waals surface area contributed by atoms with Gasteiger partial charge in [-0.1, -0.05) is 23.9 Å². The van der Waals surface area contributed by atoms with E-state index in [9.17, 15) is 0 Å². The van der Waals surface area contributed by atoms with Gasteiger partial charge in [0, 0.05) is 23.7 Å². The van der Waals surface area contributed by atoms with Gasteiger partial charge in [0.1, 0.15) is 10.8 Å². The smallest absolute Gasteiger partial charge is 0.119 e. The number of pyridine rings is 1. The van der Waals surface area contributed by atoms with Crippen molar-refractivity contribution < 1.29 is 4.74 Å². The van der Waals surface area contributed by atoms with Crippen LogP contribution in [0.5, 0.6) is 5.75 Å². The maximum absolute atomic E-state index is 5.23. The van der Waals surface area contributed by atoms with E-state index >= 15 is 0 Å². The lowest BCUT2D eigenvalue weighted by atomic mass is 10.3. The third-order valence-electron chi connectivity index (χ3n) is 3.23. The van der Waals surface area contributed by atoms with Crippen molar-refractivity contribution in [2.75, 3.05) is 7.11 Å². The van der Waals surface area contributed by atoms with Crippen LogP contribution in [0.1, 0.15) is 18.4 Å². The van der Waals surface area contributed by atoms with Crippen molar-refractivity contribution in [2.45, 2.75) is 35.3 Å². The van der Waals surface area contributed by atoms with Crippen LogP contribution in [0, 0.1) is 0 Å². The molecular weight excluding hydrogens is 268 g/mol. The number of ether oxygens (including phenoxy) is 1. The van der Waals surface area contributed by atoms with Gasteiger partial charge in [0.05, 0.1) is 7.11 Å². The molecular formula is C16H18N2OS. The summed E-state index contributed by atoms with van der Waals surface area (Å²) >= 11 is 1.65. The molecule has 0 aliphatic heterocycles. The molecule has 0 saturated heterocycles. The molecule has 1 aliphatic rings. The number of benzene rings is 1. The molecule has 1 heterocycles. The van der Waals surface area contributed by atoms with E-state index in [1.165, 1.54) is 18.4 Å². The summed E-state index contributed by atoms with van der Waals surface area (Å²) < 4.78 is 5.23. The van der Waals surface area contributed by atoms with Crippen LogP contribution in [0.25, 0.3) is 0 Å². The van der Waals surface area contributed by atoms with Gasteiger partial charge in [-0.2, -0.15) is 0 Å². The molecule has 0 unspecified atom stereocenters. The topological polar surface area (TPSA) is 34.1 Å². The molecule has 0 amide bonds. The quantitative estimate of drug-likeness (QED) is 0.881. The van der Waals surface area contributed by atoms with E-state index in [0.29, 0.717) is 0 Å². The Hall–Kier alpha value is -1.52. The Balaban J connectivity index is 1.61. The summed E-state index contributed by atoms with van der Waals surface area (Å²) in [6.07, 6.45) is 4.59. The molecule has 0 radical (unpaired) electrons. The first kappa shape index (κ1) is 13.5. The first-order valence-electron chi connectivity index (χ1n) is 6.84. The third kappa shape index (κ3) is 3.74. The minimum Gasteiger partial charge on any atom is -0.497 e. The Labute approximate surface area is 123 Å². The number of nitrogens with one attached hydrogen (secondary N) is 1. The van der Waals surface area contributed by atoms with Crippen molar-refractivity contribution in [3.8, 4) is 5.75 Å². The summed E-state index contributed by atoms with van der Waals surface area (Å²) in [7, 11) is 1.68. The van der Waals surface area contributed by atoms with E-state index in [1.807, 2.05) is 24.4 Å². The summed E-state index contributed by atoms with van der Waals surface area (Å²) in [6.45, 7) is 0.918. The van der Waals surface area contributed by atoms with Crippen molar-refractivity contribution in [2.24, 2.45) is 0 Å². The van der Waals surface area contributed by atoms with Crippen LogP contribution in [0.2, 0.25) is 0 Å². The summed E-state index contributed by atoms with van der Waals surface area (Å²) in [4.78, 5) is 5.65. The zero-order chi connectivity index (χ0) is 13.8. The Morgan fingerprint density at radius 3 is 2.90 bits per heavy atom. The summed E-state index contributed by atoms with van der Waals surface area (Å²) in [5.41, 5.74) is 1.24. The number of aromatic nitrogens is 1. The normalized spacial score (nSPS) is 14.2. The van der Waals surface area contributed by atoms with Crippen LogP contribution in [0.15, 0.2) is 52.5 Å². The Bertz CT molecular complexity index is 567. The molecule has 3 rings (SSSR count). The highest BCUT2D eigenvalue weighted by Crippen LogP contribution is 2.28. The molecule has 1 saturated carbocycles. The van der Waals surface area contributed by atoms with Crippen LogP contribution in [-0.4, -0.2) is 18.1 Å². The van der Waals surface area contributed by atoms with Crippen LogP contribution in [0.3, 0.4) is 0 Å². The van der Waals surface area contributed by atoms with Crippen molar-refractivity contribution >= 4 is 11.8 Å². The van der Waals surface area contributed by atoms with Crippen molar-refractivity contribution in [1.29, 1.82) is 0 Å². The van der Waals surface area contributed by atoms with Gasteiger partial charge in [-0.3, -0.25) is 0 Å². The van der Waals surface area contributed by atoms with E-state index in [-0.39, 0.29) is 0 Å². The molecule has 4 heteroatoms. The molecule has 20 heavy (non-hydrogen) atoms. The number of hydrogen-bond donors (Lipinski definition) is 1. The molecule has 1 aromatic heterocycles. The second kappa shape index (κ2) is 6.29. The molecule has 1 aliphatic carbocycles. The standard InChI is InChI=1S/C16H18N2OS/c1-19-14-3-2-4-15(9-14)20-16-8-5-12(11-18-16)10-17-13-6-7-13/h2-5,8-9,11,13,17H,6-7,10H2,1H3. The molecule has 1 N–H and O–H groups in total. The van der Waals surface area contributed by atoms with Gasteiger partial charge in [-0.25, -0.2) is 4.98 Å². The fraction of sp³-hybridized carbons (Fsp3) is 0.312. The van der Waals surface area contributed by atoms with Crippen molar-refractivity contribution in [3.05, 3.63) is 48.2 Å². The zero-order valence-corrected chi connectivity index (χ0v) is 12.3. The number of methoxy groups -OCH3 is 1. The molecule has 0 bridgehead atoms. The zero-order valence-electron chi connectivity index (χ0n) is 11.5. The van der Waals surface area contributed by atoms with Crippen LogP contribution in [-0.2, 0) is 6.54 Å². The highest BCUT2D eigenvalue weighted by molar-refractivity contribution is 7.99. The maximum atomic E-state index is 5.23. The van der Waals surface area contributed by atoms with E-state index < -0.39 is 0 Å². The van der Waals surface area contributed by atoms with Crippen LogP contribution in [0.4, 0.5) is 0 Å². The molecule has 3 nitrogen and oxygen atoms in total. The lowest BCUT2D eigenvalue weighted by Gasteiger charge is -2.05. The highest BCUT2D eigenvalue weighted by atomic mass is 32.2. The minimum absolute atomic E-state index is 0.737. The van der Waals surface area contributed by atoms with Gasteiger partial charge in [0.2, 0.25) is 0 Å². The first-order valence-corrected chi connectivity index (χ1v) is 7.65. The largest absolute Gasteiger partial charge is 0.497 e. The monoisotopic (exact) mass is 286 g/mol. The van der Waals surface area contributed by atoms with Crippen LogP contribution < -0.4 is 10.1 Å². The maximum Gasteiger partial charge on any atom is 0.119 e. The predicted molar refractivity (Wildman–Crippen MR) is 81.2 cm³/mol. The second-order valence-corrected chi connectivity index (χ2v) is 6.03. The Kier molecular flexibility index (Phi) is 4.23. The first-order chi connectivity index (χ1) is 9.83. The molecule has 0 spiro atoms. The number of hydrogen-bond acceptors (Lipinski definition) is 4. The predicted octanol–water partition coefficient (Wildman–Crippen LogP) is 3.49. The minimum atomic E-state index is 0.737. The highest BCUT2D eigenvalue weighted by Gasteiger charge is 2.19. The number of rotatable bonds is 6. The van der Waals surface area contributed by atoms with E-state index in [0.717, 1.165) is 28.3 Å². The third-order valence-corrected chi connectivity index (χ3v) is 4.17. The molecule has 1 aromatic carbocycles. The fourth-order valence-electron chi connectivity index (χ4n) is 1.91. The van der Waals surface area contributed by atoms with E-state index in [2.05, 4.69) is 28.5 Å².